The highest BCUT2D eigenvalue weighted by molar-refractivity contribution is 5.32. The van der Waals surface area contributed by atoms with Crippen LogP contribution >= 0.6 is 0 Å². The van der Waals surface area contributed by atoms with E-state index in [0.29, 0.717) is 5.41 Å². The van der Waals surface area contributed by atoms with E-state index < -0.39 is 0 Å². The van der Waals surface area contributed by atoms with Gasteiger partial charge >= 0.3 is 0 Å². The van der Waals surface area contributed by atoms with Crippen LogP contribution in [0.5, 0.6) is 5.75 Å². The molecule has 0 saturated carbocycles. The fourth-order valence-corrected chi connectivity index (χ4v) is 2.37. The van der Waals surface area contributed by atoms with Crippen molar-refractivity contribution in [3.63, 3.8) is 0 Å². The molecule has 0 bridgehead atoms. The summed E-state index contributed by atoms with van der Waals surface area (Å²) in [5, 5.41) is 0. The lowest BCUT2D eigenvalue weighted by molar-refractivity contribution is 0.411. The average Bonchev–Trinajstić information content (AvgIpc) is 2.40. The van der Waals surface area contributed by atoms with E-state index in [9.17, 15) is 0 Å². The van der Waals surface area contributed by atoms with Gasteiger partial charge in [-0.1, -0.05) is 57.2 Å². The first-order chi connectivity index (χ1) is 9.46. The minimum absolute atomic E-state index is 0.345. The molecule has 0 atom stereocenters. The lowest BCUT2D eigenvalue weighted by Crippen LogP contribution is -2.08. The molecule has 1 heteroatoms. The summed E-state index contributed by atoms with van der Waals surface area (Å²) < 4.78 is 5.18. The zero-order chi connectivity index (χ0) is 14.6. The van der Waals surface area contributed by atoms with Crippen LogP contribution in [0.2, 0.25) is 0 Å². The smallest absolute Gasteiger partial charge is 0.118 e. The maximum absolute atomic E-state index is 5.18. The summed E-state index contributed by atoms with van der Waals surface area (Å²) in [4.78, 5) is 0. The van der Waals surface area contributed by atoms with Gasteiger partial charge in [0.1, 0.15) is 5.75 Å². The van der Waals surface area contributed by atoms with Gasteiger partial charge in [0, 0.05) is 0 Å². The molecule has 2 aromatic carbocycles. The summed E-state index contributed by atoms with van der Waals surface area (Å²) in [7, 11) is 1.70. The van der Waals surface area contributed by atoms with E-state index in [4.69, 9.17) is 4.74 Å². The molecule has 0 amide bonds. The third-order valence-electron chi connectivity index (χ3n) is 3.32. The fourth-order valence-electron chi connectivity index (χ4n) is 2.37. The molecule has 2 rings (SSSR count). The van der Waals surface area contributed by atoms with Crippen molar-refractivity contribution in [1.82, 2.24) is 0 Å². The van der Waals surface area contributed by atoms with Crippen molar-refractivity contribution in [2.24, 2.45) is 5.41 Å². The number of hydrogen-bond acceptors (Lipinski definition) is 1. The lowest BCUT2D eigenvalue weighted by atomic mass is 9.88. The Morgan fingerprint density at radius 2 is 1.20 bits per heavy atom. The fraction of sp³-hybridized carbons (Fsp3) is 0.368. The number of hydrogen-bond donors (Lipinski definition) is 0. The van der Waals surface area contributed by atoms with Gasteiger partial charge in [-0.2, -0.15) is 0 Å². The molecule has 20 heavy (non-hydrogen) atoms. The molecule has 0 heterocycles. The Balaban J connectivity index is 2.02. The number of methoxy groups -OCH3 is 1. The quantitative estimate of drug-likeness (QED) is 0.768. The van der Waals surface area contributed by atoms with Crippen LogP contribution in [0.4, 0.5) is 0 Å². The molecule has 1 nitrogen and oxygen atoms in total. The van der Waals surface area contributed by atoms with Gasteiger partial charge in [0.2, 0.25) is 0 Å². The Bertz CT molecular complexity index is 529. The van der Waals surface area contributed by atoms with Crippen molar-refractivity contribution in [1.29, 1.82) is 0 Å². The molecular formula is C19H24O. The second-order valence-corrected chi connectivity index (χ2v) is 6.58. The van der Waals surface area contributed by atoms with E-state index in [0.717, 1.165) is 18.6 Å². The number of benzene rings is 2. The van der Waals surface area contributed by atoms with Crippen LogP contribution in [0.25, 0.3) is 0 Å². The van der Waals surface area contributed by atoms with Crippen molar-refractivity contribution in [3.05, 3.63) is 65.2 Å². The van der Waals surface area contributed by atoms with Crippen molar-refractivity contribution < 1.29 is 4.74 Å². The summed E-state index contributed by atoms with van der Waals surface area (Å²) >= 11 is 0. The maximum Gasteiger partial charge on any atom is 0.118 e. The predicted molar refractivity (Wildman–Crippen MR) is 85.4 cm³/mol. The monoisotopic (exact) mass is 268 g/mol. The molecule has 0 aliphatic carbocycles. The van der Waals surface area contributed by atoms with Crippen molar-refractivity contribution in [2.45, 2.75) is 33.6 Å². The largest absolute Gasteiger partial charge is 0.497 e. The van der Waals surface area contributed by atoms with E-state index in [1.165, 1.54) is 16.7 Å². The molecule has 0 aliphatic rings. The van der Waals surface area contributed by atoms with Crippen molar-refractivity contribution in [3.8, 4) is 5.75 Å². The highest BCUT2D eigenvalue weighted by atomic mass is 16.5. The average molecular weight is 268 g/mol. The molecule has 0 aromatic heterocycles. The van der Waals surface area contributed by atoms with Gasteiger partial charge in [-0.25, -0.2) is 0 Å². The molecule has 0 radical (unpaired) electrons. The van der Waals surface area contributed by atoms with Crippen LogP contribution < -0.4 is 4.74 Å². The van der Waals surface area contributed by atoms with Crippen LogP contribution in [0.3, 0.4) is 0 Å². The predicted octanol–water partition coefficient (Wildman–Crippen LogP) is 4.87. The van der Waals surface area contributed by atoms with E-state index in [2.05, 4.69) is 57.2 Å². The molecule has 0 unspecified atom stereocenters. The Labute approximate surface area is 122 Å². The SMILES string of the molecule is COc1ccc(Cc2ccc(CC(C)(C)C)cc2)cc1. The second kappa shape index (κ2) is 6.13. The maximum atomic E-state index is 5.18. The van der Waals surface area contributed by atoms with E-state index >= 15 is 0 Å². The van der Waals surface area contributed by atoms with Gasteiger partial charge < -0.3 is 4.74 Å². The number of ether oxygens (including phenoxy) is 1. The number of rotatable bonds is 4. The van der Waals surface area contributed by atoms with Crippen molar-refractivity contribution in [2.75, 3.05) is 7.11 Å². The summed E-state index contributed by atoms with van der Waals surface area (Å²) in [6, 6.07) is 17.3. The van der Waals surface area contributed by atoms with Gasteiger partial charge in [-0.15, -0.1) is 0 Å². The van der Waals surface area contributed by atoms with Crippen LogP contribution in [-0.2, 0) is 12.8 Å². The Morgan fingerprint density at radius 3 is 1.65 bits per heavy atom. The Hall–Kier alpha value is -1.76. The summed E-state index contributed by atoms with van der Waals surface area (Å²) in [5.74, 6) is 0.911. The Morgan fingerprint density at radius 1 is 0.750 bits per heavy atom. The lowest BCUT2D eigenvalue weighted by Gasteiger charge is -2.18. The van der Waals surface area contributed by atoms with Gasteiger partial charge in [0.25, 0.3) is 0 Å². The summed E-state index contributed by atoms with van der Waals surface area (Å²) in [5.41, 5.74) is 4.43. The molecular weight excluding hydrogens is 244 g/mol. The Kier molecular flexibility index (Phi) is 4.49. The standard InChI is InChI=1S/C19H24O/c1-19(2,3)14-17-7-5-15(6-8-17)13-16-9-11-18(20-4)12-10-16/h5-12H,13-14H2,1-4H3. The van der Waals surface area contributed by atoms with E-state index in [-0.39, 0.29) is 0 Å². The highest BCUT2D eigenvalue weighted by Crippen LogP contribution is 2.21. The first kappa shape index (κ1) is 14.6. The molecule has 106 valence electrons. The van der Waals surface area contributed by atoms with Crippen LogP contribution in [0.1, 0.15) is 37.5 Å². The van der Waals surface area contributed by atoms with Crippen LogP contribution in [0.15, 0.2) is 48.5 Å². The second-order valence-electron chi connectivity index (χ2n) is 6.58. The third kappa shape index (κ3) is 4.41. The van der Waals surface area contributed by atoms with Gasteiger partial charge in [0.05, 0.1) is 7.11 Å². The molecule has 0 fully saturated rings. The van der Waals surface area contributed by atoms with Crippen LogP contribution in [-0.4, -0.2) is 7.11 Å². The van der Waals surface area contributed by atoms with Gasteiger partial charge in [-0.3, -0.25) is 0 Å². The summed E-state index contributed by atoms with van der Waals surface area (Å²) in [6.45, 7) is 6.83. The van der Waals surface area contributed by atoms with Crippen molar-refractivity contribution >= 4 is 0 Å². The first-order valence-electron chi connectivity index (χ1n) is 7.17. The molecule has 0 spiro atoms. The summed E-state index contributed by atoms with van der Waals surface area (Å²) in [6.07, 6.45) is 2.09. The minimum Gasteiger partial charge on any atom is -0.497 e. The molecule has 2 aromatic rings. The first-order valence-corrected chi connectivity index (χ1v) is 7.17. The normalized spacial score (nSPS) is 11.4. The highest BCUT2D eigenvalue weighted by Gasteiger charge is 2.10. The molecule has 0 N–H and O–H groups in total. The zero-order valence-electron chi connectivity index (χ0n) is 12.9. The zero-order valence-corrected chi connectivity index (χ0v) is 12.9. The topological polar surface area (TPSA) is 9.23 Å². The third-order valence-corrected chi connectivity index (χ3v) is 3.32. The van der Waals surface area contributed by atoms with Gasteiger partial charge in [0.15, 0.2) is 0 Å². The van der Waals surface area contributed by atoms with Crippen LogP contribution in [0, 0.1) is 5.41 Å². The van der Waals surface area contributed by atoms with Gasteiger partial charge in [-0.05, 0) is 47.1 Å². The molecule has 0 saturated heterocycles. The molecule has 0 aliphatic heterocycles. The minimum atomic E-state index is 0.345. The van der Waals surface area contributed by atoms with E-state index in [1.54, 1.807) is 7.11 Å². The van der Waals surface area contributed by atoms with E-state index in [1.807, 2.05) is 12.1 Å².